The van der Waals surface area contributed by atoms with E-state index in [1.54, 1.807) is 0 Å². The fourth-order valence-electron chi connectivity index (χ4n) is 3.50. The molecule has 1 unspecified atom stereocenters. The number of para-hydroxylation sites is 1. The van der Waals surface area contributed by atoms with Gasteiger partial charge in [-0.15, -0.1) is 0 Å². The molecule has 0 saturated heterocycles. The van der Waals surface area contributed by atoms with Crippen LogP contribution in [0.15, 0.2) is 60.7 Å². The van der Waals surface area contributed by atoms with Crippen molar-refractivity contribution >= 4 is 0 Å². The van der Waals surface area contributed by atoms with Gasteiger partial charge in [0.05, 0.1) is 11.7 Å². The molecule has 1 N–H and O–H groups in total. The summed E-state index contributed by atoms with van der Waals surface area (Å²) in [7, 11) is 1.92. The van der Waals surface area contributed by atoms with Gasteiger partial charge in [0, 0.05) is 25.7 Å². The van der Waals surface area contributed by atoms with E-state index in [-0.39, 0.29) is 12.0 Å². The molecule has 0 aliphatic rings. The highest BCUT2D eigenvalue weighted by molar-refractivity contribution is 5.65. The van der Waals surface area contributed by atoms with Crippen molar-refractivity contribution in [2.45, 2.75) is 39.8 Å². The minimum absolute atomic E-state index is 0.215. The molecule has 0 aliphatic carbocycles. The Bertz CT molecular complexity index is 907. The summed E-state index contributed by atoms with van der Waals surface area (Å²) >= 11 is 0. The van der Waals surface area contributed by atoms with E-state index in [2.05, 4.69) is 37.8 Å². The van der Waals surface area contributed by atoms with Crippen LogP contribution >= 0.6 is 0 Å². The Hall–Kier alpha value is -2.63. The summed E-state index contributed by atoms with van der Waals surface area (Å²) in [6.07, 6.45) is 0.646. The van der Waals surface area contributed by atoms with Crippen molar-refractivity contribution in [2.24, 2.45) is 13.0 Å². The molecule has 5 heteroatoms. The van der Waals surface area contributed by atoms with Gasteiger partial charge in [-0.1, -0.05) is 69.3 Å². The highest BCUT2D eigenvalue weighted by atomic mass is 16.5. The van der Waals surface area contributed by atoms with E-state index in [1.807, 2.05) is 60.3 Å². The highest BCUT2D eigenvalue weighted by Gasteiger charge is 2.23. The Balaban J connectivity index is 2.00. The number of aliphatic hydroxyl groups is 1. The molecule has 0 saturated carbocycles. The zero-order valence-electron chi connectivity index (χ0n) is 18.5. The number of ether oxygens (including phenoxy) is 1. The molecule has 0 radical (unpaired) electrons. The molecule has 3 rings (SSSR count). The quantitative estimate of drug-likeness (QED) is 0.507. The zero-order chi connectivity index (χ0) is 21.5. The third kappa shape index (κ3) is 5.49. The van der Waals surface area contributed by atoms with Gasteiger partial charge in [-0.2, -0.15) is 5.10 Å². The third-order valence-electron chi connectivity index (χ3n) is 5.23. The first-order valence-corrected chi connectivity index (χ1v) is 10.7. The summed E-state index contributed by atoms with van der Waals surface area (Å²) in [4.78, 5) is 2.30. The lowest BCUT2D eigenvalue weighted by Gasteiger charge is -2.26. The molecule has 1 heterocycles. The number of rotatable bonds is 10. The van der Waals surface area contributed by atoms with Gasteiger partial charge in [-0.3, -0.25) is 4.90 Å². The second-order valence-corrected chi connectivity index (χ2v) is 8.08. The topological polar surface area (TPSA) is 50.5 Å². The van der Waals surface area contributed by atoms with E-state index in [0.29, 0.717) is 13.1 Å². The van der Waals surface area contributed by atoms with Gasteiger partial charge in [0.1, 0.15) is 11.4 Å². The van der Waals surface area contributed by atoms with Crippen LogP contribution in [0.1, 0.15) is 32.8 Å². The van der Waals surface area contributed by atoms with Gasteiger partial charge in [0.2, 0.25) is 5.88 Å². The van der Waals surface area contributed by atoms with E-state index in [1.165, 1.54) is 0 Å². The van der Waals surface area contributed by atoms with Gasteiger partial charge in [-0.05, 0) is 31.0 Å². The maximum Gasteiger partial charge on any atom is 0.222 e. The molecule has 0 fully saturated rings. The molecule has 30 heavy (non-hydrogen) atoms. The zero-order valence-corrected chi connectivity index (χ0v) is 18.5. The predicted molar refractivity (Wildman–Crippen MR) is 122 cm³/mol. The Morgan fingerprint density at radius 2 is 1.67 bits per heavy atom. The van der Waals surface area contributed by atoms with Crippen molar-refractivity contribution in [3.05, 3.63) is 66.2 Å². The average Bonchev–Trinajstić information content (AvgIpc) is 3.05. The Labute approximate surface area is 179 Å². The molecule has 1 aromatic heterocycles. The summed E-state index contributed by atoms with van der Waals surface area (Å²) in [6.45, 7) is 8.46. The van der Waals surface area contributed by atoms with Gasteiger partial charge in [0.15, 0.2) is 0 Å². The highest BCUT2D eigenvalue weighted by Crippen LogP contribution is 2.34. The molecule has 5 nitrogen and oxygen atoms in total. The first-order valence-electron chi connectivity index (χ1n) is 10.7. The number of aryl methyl sites for hydroxylation is 1. The lowest BCUT2D eigenvalue weighted by Crippen LogP contribution is -2.35. The number of hydrogen-bond donors (Lipinski definition) is 1. The fraction of sp³-hybridized carbons (Fsp3) is 0.400. The van der Waals surface area contributed by atoms with Crippen LogP contribution in [0.2, 0.25) is 0 Å². The van der Waals surface area contributed by atoms with E-state index >= 15 is 0 Å². The van der Waals surface area contributed by atoms with Crippen LogP contribution in [0.4, 0.5) is 0 Å². The average molecular weight is 408 g/mol. The third-order valence-corrected chi connectivity index (χ3v) is 5.23. The SMILES string of the molecule is CCCN(Cc1c(-c2ccccc2)nn(C)c1Oc1ccccc1)CC(O)C(C)C. The minimum atomic E-state index is -0.369. The lowest BCUT2D eigenvalue weighted by molar-refractivity contribution is 0.0729. The fourth-order valence-corrected chi connectivity index (χ4v) is 3.50. The molecule has 0 amide bonds. The first-order chi connectivity index (χ1) is 14.5. The Morgan fingerprint density at radius 3 is 2.27 bits per heavy atom. The standard InChI is InChI=1S/C25H33N3O2/c1-5-16-28(18-23(29)19(2)3)17-22-24(20-12-8-6-9-13-20)26-27(4)25(22)30-21-14-10-7-11-15-21/h6-15,19,23,29H,5,16-18H2,1-4H3. The van der Waals surface area contributed by atoms with Crippen LogP contribution in [0.25, 0.3) is 11.3 Å². The predicted octanol–water partition coefficient (Wildman–Crippen LogP) is 5.11. The van der Waals surface area contributed by atoms with Crippen LogP contribution in [0, 0.1) is 5.92 Å². The molecule has 0 aliphatic heterocycles. The molecular formula is C25H33N3O2. The molecule has 0 bridgehead atoms. The minimum Gasteiger partial charge on any atom is -0.439 e. The maximum absolute atomic E-state index is 10.5. The van der Waals surface area contributed by atoms with Crippen molar-refractivity contribution in [3.8, 4) is 22.9 Å². The van der Waals surface area contributed by atoms with E-state index < -0.39 is 0 Å². The normalized spacial score (nSPS) is 12.5. The van der Waals surface area contributed by atoms with Crippen LogP contribution < -0.4 is 4.74 Å². The number of aliphatic hydroxyl groups excluding tert-OH is 1. The van der Waals surface area contributed by atoms with Crippen molar-refractivity contribution in [1.29, 1.82) is 0 Å². The monoisotopic (exact) mass is 407 g/mol. The summed E-state index contributed by atoms with van der Waals surface area (Å²) in [5, 5.41) is 15.3. The van der Waals surface area contributed by atoms with Crippen molar-refractivity contribution in [3.63, 3.8) is 0 Å². The van der Waals surface area contributed by atoms with Crippen molar-refractivity contribution in [1.82, 2.24) is 14.7 Å². The van der Waals surface area contributed by atoms with Crippen LogP contribution in [-0.2, 0) is 13.6 Å². The van der Waals surface area contributed by atoms with Gasteiger partial charge in [-0.25, -0.2) is 4.68 Å². The second-order valence-electron chi connectivity index (χ2n) is 8.08. The molecule has 2 aromatic carbocycles. The molecular weight excluding hydrogens is 374 g/mol. The van der Waals surface area contributed by atoms with E-state index in [9.17, 15) is 5.11 Å². The van der Waals surface area contributed by atoms with Gasteiger partial charge >= 0.3 is 0 Å². The Morgan fingerprint density at radius 1 is 1.03 bits per heavy atom. The van der Waals surface area contributed by atoms with Gasteiger partial charge in [0.25, 0.3) is 0 Å². The smallest absolute Gasteiger partial charge is 0.222 e. The molecule has 3 aromatic rings. The Kier molecular flexibility index (Phi) is 7.66. The van der Waals surface area contributed by atoms with Gasteiger partial charge < -0.3 is 9.84 Å². The number of hydrogen-bond acceptors (Lipinski definition) is 4. The van der Waals surface area contributed by atoms with Crippen LogP contribution in [0.5, 0.6) is 11.6 Å². The summed E-state index contributed by atoms with van der Waals surface area (Å²) in [5.74, 6) is 1.73. The molecule has 0 spiro atoms. The van der Waals surface area contributed by atoms with Crippen LogP contribution in [-0.4, -0.2) is 39.0 Å². The number of nitrogens with zero attached hydrogens (tertiary/aromatic N) is 3. The largest absolute Gasteiger partial charge is 0.439 e. The second kappa shape index (κ2) is 10.4. The van der Waals surface area contributed by atoms with Crippen LogP contribution in [0.3, 0.4) is 0 Å². The van der Waals surface area contributed by atoms with Crippen molar-refractivity contribution in [2.75, 3.05) is 13.1 Å². The first kappa shape index (κ1) is 22.1. The van der Waals surface area contributed by atoms with E-state index in [4.69, 9.17) is 9.84 Å². The van der Waals surface area contributed by atoms with Crippen molar-refractivity contribution < 1.29 is 9.84 Å². The molecule has 160 valence electrons. The summed E-state index contributed by atoms with van der Waals surface area (Å²) in [5.41, 5.74) is 3.02. The number of aromatic nitrogens is 2. The number of benzene rings is 2. The molecule has 1 atom stereocenters. The van der Waals surface area contributed by atoms with E-state index in [0.717, 1.165) is 41.4 Å². The lowest BCUT2D eigenvalue weighted by atomic mass is 10.0. The summed E-state index contributed by atoms with van der Waals surface area (Å²) in [6, 6.07) is 20.0. The summed E-state index contributed by atoms with van der Waals surface area (Å²) < 4.78 is 8.10. The maximum atomic E-state index is 10.5.